The summed E-state index contributed by atoms with van der Waals surface area (Å²) in [5.74, 6) is -2.05. The molecule has 4 rings (SSSR count). The van der Waals surface area contributed by atoms with Crippen molar-refractivity contribution in [2.75, 3.05) is 10.8 Å². The first-order valence-electron chi connectivity index (χ1n) is 11.3. The molecule has 1 amide bonds. The van der Waals surface area contributed by atoms with Gasteiger partial charge in [-0.25, -0.2) is 8.42 Å². The Labute approximate surface area is 213 Å². The van der Waals surface area contributed by atoms with E-state index in [1.54, 1.807) is 60.7 Å². The van der Waals surface area contributed by atoms with Crippen LogP contribution < -0.4 is 4.31 Å². The van der Waals surface area contributed by atoms with Gasteiger partial charge in [0.1, 0.15) is 6.54 Å². The van der Waals surface area contributed by atoms with Crippen LogP contribution in [0.5, 0.6) is 5.88 Å². The number of carboxylic acids is 1. The summed E-state index contributed by atoms with van der Waals surface area (Å²) >= 11 is 0. The second kappa shape index (κ2) is 10.6. The number of nitrogens with zero attached hydrogens (tertiary/aromatic N) is 3. The molecule has 11 heteroatoms. The van der Waals surface area contributed by atoms with Gasteiger partial charge in [0.15, 0.2) is 5.69 Å². The second-order valence-corrected chi connectivity index (χ2v) is 10.2. The molecule has 37 heavy (non-hydrogen) atoms. The summed E-state index contributed by atoms with van der Waals surface area (Å²) in [7, 11) is -4.19. The fraction of sp³-hybridized carbons (Fsp3) is 0.154. The van der Waals surface area contributed by atoms with Gasteiger partial charge in [-0.15, -0.1) is 10.2 Å². The number of amides is 1. The minimum atomic E-state index is -4.19. The molecule has 0 aliphatic rings. The lowest BCUT2D eigenvalue weighted by Gasteiger charge is -2.23. The smallest absolute Gasteiger partial charge is 0.303 e. The van der Waals surface area contributed by atoms with Crippen LogP contribution >= 0.6 is 0 Å². The number of aryl methyl sites for hydroxylation is 2. The number of H-pyrrole nitrogens is 1. The van der Waals surface area contributed by atoms with Gasteiger partial charge in [0.25, 0.3) is 15.9 Å². The molecule has 4 aromatic rings. The third-order valence-corrected chi connectivity index (χ3v) is 7.45. The molecule has 1 aromatic heterocycles. The molecule has 0 atom stereocenters. The SMILES string of the molecule is Cc1ccc(N(CC(=O)N=Nc2c(O)[nH]c3ccccc23)S(=O)(=O)c2ccc(CCC(=O)O)cc2)cc1. The van der Waals surface area contributed by atoms with Gasteiger partial charge >= 0.3 is 5.97 Å². The van der Waals surface area contributed by atoms with Crippen LogP contribution in [0.4, 0.5) is 11.4 Å². The number of para-hydroxylation sites is 1. The molecule has 0 bridgehead atoms. The molecule has 0 fully saturated rings. The van der Waals surface area contributed by atoms with Gasteiger partial charge in [0.2, 0.25) is 5.88 Å². The predicted octanol–water partition coefficient (Wildman–Crippen LogP) is 4.70. The number of fused-ring (bicyclic) bond motifs is 1. The maximum atomic E-state index is 13.6. The van der Waals surface area contributed by atoms with E-state index in [1.807, 2.05) is 6.92 Å². The molecule has 0 aliphatic heterocycles. The summed E-state index contributed by atoms with van der Waals surface area (Å²) in [5.41, 5.74) is 2.53. The Bertz CT molecular complexity index is 1580. The van der Waals surface area contributed by atoms with E-state index in [0.29, 0.717) is 16.5 Å². The number of hydrogen-bond donors (Lipinski definition) is 3. The predicted molar refractivity (Wildman–Crippen MR) is 138 cm³/mol. The van der Waals surface area contributed by atoms with Crippen LogP contribution in [0.2, 0.25) is 0 Å². The van der Waals surface area contributed by atoms with E-state index < -0.39 is 28.4 Å². The topological polar surface area (TPSA) is 152 Å². The zero-order valence-corrected chi connectivity index (χ0v) is 20.6. The van der Waals surface area contributed by atoms with Gasteiger partial charge in [-0.3, -0.25) is 13.9 Å². The van der Waals surface area contributed by atoms with Gasteiger partial charge in [-0.1, -0.05) is 48.0 Å². The van der Waals surface area contributed by atoms with E-state index in [0.717, 1.165) is 9.87 Å². The number of carboxylic acid groups (broad SMARTS) is 1. The standard InChI is InChI=1S/C26H24N4O6S/c1-17-6-11-19(12-7-17)30(37(35,36)20-13-8-18(9-14-20)10-15-24(32)33)16-23(31)28-29-25-21-4-2-3-5-22(21)27-26(25)34/h2-9,11-14,27,34H,10,15-16H2,1H3,(H,32,33). The molecular weight excluding hydrogens is 496 g/mol. The lowest BCUT2D eigenvalue weighted by molar-refractivity contribution is -0.137. The molecule has 1 heterocycles. The molecule has 190 valence electrons. The fourth-order valence-corrected chi connectivity index (χ4v) is 5.12. The first-order valence-corrected chi connectivity index (χ1v) is 12.7. The number of carbonyl (C=O) groups excluding carboxylic acids is 1. The van der Waals surface area contributed by atoms with Crippen molar-refractivity contribution in [3.8, 4) is 5.88 Å². The number of carbonyl (C=O) groups is 2. The molecular formula is C26H24N4O6S. The molecule has 0 aliphatic carbocycles. The third kappa shape index (κ3) is 5.84. The molecule has 10 nitrogen and oxygen atoms in total. The van der Waals surface area contributed by atoms with E-state index in [4.69, 9.17) is 5.11 Å². The van der Waals surface area contributed by atoms with Gasteiger partial charge in [0.05, 0.1) is 16.1 Å². The normalized spacial score (nSPS) is 11.7. The zero-order valence-electron chi connectivity index (χ0n) is 19.8. The van der Waals surface area contributed by atoms with E-state index in [2.05, 4.69) is 15.2 Å². The summed E-state index contributed by atoms with van der Waals surface area (Å²) < 4.78 is 28.0. The second-order valence-electron chi connectivity index (χ2n) is 8.35. The highest BCUT2D eigenvalue weighted by Gasteiger charge is 2.27. The van der Waals surface area contributed by atoms with Crippen LogP contribution in [-0.2, 0) is 26.0 Å². The highest BCUT2D eigenvalue weighted by molar-refractivity contribution is 7.92. The summed E-state index contributed by atoms with van der Waals surface area (Å²) in [6.45, 7) is 1.23. The van der Waals surface area contributed by atoms with E-state index in [9.17, 15) is 23.1 Å². The number of sulfonamides is 1. The maximum Gasteiger partial charge on any atom is 0.303 e. The Kier molecular flexibility index (Phi) is 7.35. The molecule has 0 saturated carbocycles. The number of azo groups is 1. The molecule has 0 saturated heterocycles. The number of hydrogen-bond acceptors (Lipinski definition) is 6. The zero-order chi connectivity index (χ0) is 26.6. The number of rotatable bonds is 9. The number of aromatic amines is 1. The Morgan fingerprint density at radius 3 is 2.32 bits per heavy atom. The molecule has 0 unspecified atom stereocenters. The fourth-order valence-electron chi connectivity index (χ4n) is 3.71. The Morgan fingerprint density at radius 2 is 1.65 bits per heavy atom. The Morgan fingerprint density at radius 1 is 0.973 bits per heavy atom. The van der Waals surface area contributed by atoms with Crippen molar-refractivity contribution in [3.05, 3.63) is 83.9 Å². The average Bonchev–Trinajstić information content (AvgIpc) is 3.20. The van der Waals surface area contributed by atoms with Crippen molar-refractivity contribution < 1.29 is 28.2 Å². The van der Waals surface area contributed by atoms with Crippen molar-refractivity contribution in [3.63, 3.8) is 0 Å². The van der Waals surface area contributed by atoms with Crippen LogP contribution in [-0.4, -0.2) is 42.0 Å². The molecule has 3 aromatic carbocycles. The van der Waals surface area contributed by atoms with Crippen molar-refractivity contribution in [2.24, 2.45) is 10.2 Å². The minimum absolute atomic E-state index is 0.0637. The number of aliphatic carboxylic acids is 1. The maximum absolute atomic E-state index is 13.6. The van der Waals surface area contributed by atoms with E-state index in [-0.39, 0.29) is 35.0 Å². The monoisotopic (exact) mass is 520 g/mol. The Hall–Kier alpha value is -4.51. The average molecular weight is 521 g/mol. The van der Waals surface area contributed by atoms with Crippen molar-refractivity contribution in [1.29, 1.82) is 0 Å². The molecule has 0 spiro atoms. The lowest BCUT2D eigenvalue weighted by Crippen LogP contribution is -2.35. The van der Waals surface area contributed by atoms with Crippen molar-refractivity contribution in [1.82, 2.24) is 4.98 Å². The number of aromatic hydroxyl groups is 1. The Balaban J connectivity index is 1.62. The lowest BCUT2D eigenvalue weighted by atomic mass is 10.1. The van der Waals surface area contributed by atoms with Crippen LogP contribution in [0.1, 0.15) is 17.5 Å². The van der Waals surface area contributed by atoms with E-state index >= 15 is 0 Å². The first-order chi connectivity index (χ1) is 17.6. The minimum Gasteiger partial charge on any atom is -0.493 e. The molecule has 3 N–H and O–H groups in total. The van der Waals surface area contributed by atoms with Crippen LogP contribution in [0.15, 0.2) is 87.9 Å². The third-order valence-electron chi connectivity index (χ3n) is 5.66. The van der Waals surface area contributed by atoms with Gasteiger partial charge < -0.3 is 15.2 Å². The van der Waals surface area contributed by atoms with E-state index in [1.165, 1.54) is 12.1 Å². The van der Waals surface area contributed by atoms with Gasteiger partial charge in [-0.05, 0) is 49.2 Å². The first kappa shape index (κ1) is 25.6. The highest BCUT2D eigenvalue weighted by Crippen LogP contribution is 2.35. The van der Waals surface area contributed by atoms with Crippen LogP contribution in [0.25, 0.3) is 10.9 Å². The van der Waals surface area contributed by atoms with Crippen LogP contribution in [0, 0.1) is 6.92 Å². The highest BCUT2D eigenvalue weighted by atomic mass is 32.2. The van der Waals surface area contributed by atoms with Crippen molar-refractivity contribution in [2.45, 2.75) is 24.7 Å². The number of nitrogens with one attached hydrogen (secondary N) is 1. The molecule has 0 radical (unpaired) electrons. The summed E-state index contributed by atoms with van der Waals surface area (Å²) in [5, 5.41) is 27.1. The largest absolute Gasteiger partial charge is 0.493 e. The summed E-state index contributed by atoms with van der Waals surface area (Å²) in [4.78, 5) is 26.3. The summed E-state index contributed by atoms with van der Waals surface area (Å²) in [6, 6.07) is 19.4. The van der Waals surface area contributed by atoms with Gasteiger partial charge in [-0.2, -0.15) is 0 Å². The number of benzene rings is 3. The van der Waals surface area contributed by atoms with Crippen LogP contribution in [0.3, 0.4) is 0 Å². The van der Waals surface area contributed by atoms with Gasteiger partial charge in [0, 0.05) is 11.8 Å². The number of anilines is 1. The quantitative estimate of drug-likeness (QED) is 0.272. The van der Waals surface area contributed by atoms with Crippen molar-refractivity contribution >= 4 is 44.2 Å². The number of aromatic nitrogens is 1. The summed E-state index contributed by atoms with van der Waals surface area (Å²) in [6.07, 6.45) is 0.184.